The van der Waals surface area contributed by atoms with Gasteiger partial charge in [-0.2, -0.15) is 0 Å². The number of aryl methyl sites for hydroxylation is 1. The summed E-state index contributed by atoms with van der Waals surface area (Å²) in [6, 6.07) is 7.54. The third kappa shape index (κ3) is 2.23. The first kappa shape index (κ1) is 9.02. The molecule has 0 spiro atoms. The molecule has 1 saturated carbocycles. The fraction of sp³-hybridized carbons (Fsp3) is 0.308. The summed E-state index contributed by atoms with van der Waals surface area (Å²) < 4.78 is 0. The van der Waals surface area contributed by atoms with E-state index in [0.29, 0.717) is 11.5 Å². The van der Waals surface area contributed by atoms with E-state index in [-0.39, 0.29) is 5.78 Å². The Hall–Kier alpha value is -1.55. The molecule has 1 nitrogen and oxygen atoms in total. The van der Waals surface area contributed by atoms with Crippen LogP contribution in [-0.4, -0.2) is 5.78 Å². The Morgan fingerprint density at radius 3 is 2.50 bits per heavy atom. The molecule has 0 aliphatic heterocycles. The first-order valence-corrected chi connectivity index (χ1v) is 4.88. The van der Waals surface area contributed by atoms with Crippen molar-refractivity contribution in [3.63, 3.8) is 0 Å². The van der Waals surface area contributed by atoms with E-state index in [0.717, 1.165) is 18.4 Å². The molecule has 0 aromatic heterocycles. The van der Waals surface area contributed by atoms with Gasteiger partial charge in [-0.05, 0) is 25.7 Å². The predicted octanol–water partition coefficient (Wildman–Crippen LogP) is 2.59. The molecular formula is C13H12O. The zero-order valence-corrected chi connectivity index (χ0v) is 8.21. The van der Waals surface area contributed by atoms with Crippen LogP contribution in [0.4, 0.5) is 0 Å². The zero-order valence-electron chi connectivity index (χ0n) is 8.21. The van der Waals surface area contributed by atoms with Gasteiger partial charge in [0.2, 0.25) is 5.78 Å². The summed E-state index contributed by atoms with van der Waals surface area (Å²) in [6.07, 6.45) is 2.32. The van der Waals surface area contributed by atoms with Gasteiger partial charge in [-0.25, -0.2) is 0 Å². The second-order valence-corrected chi connectivity index (χ2v) is 3.74. The molecule has 1 aromatic rings. The molecule has 1 aliphatic carbocycles. The summed E-state index contributed by atoms with van der Waals surface area (Å²) in [7, 11) is 0. The smallest absolute Gasteiger partial charge is 0.235 e. The summed E-state index contributed by atoms with van der Waals surface area (Å²) in [4.78, 5) is 11.5. The van der Waals surface area contributed by atoms with Crippen molar-refractivity contribution in [3.05, 3.63) is 35.4 Å². The lowest BCUT2D eigenvalue weighted by Gasteiger charge is -1.94. The molecular weight excluding hydrogens is 172 g/mol. The number of ketones is 1. The number of carbonyl (C=O) groups is 1. The SMILES string of the molecule is Cc1ccc(C(=O)C#CC2CC2)cc1. The molecule has 0 unspecified atom stereocenters. The highest BCUT2D eigenvalue weighted by Gasteiger charge is 2.18. The Morgan fingerprint density at radius 2 is 1.93 bits per heavy atom. The maximum atomic E-state index is 11.5. The van der Waals surface area contributed by atoms with Gasteiger partial charge < -0.3 is 0 Å². The van der Waals surface area contributed by atoms with Crippen LogP contribution in [0, 0.1) is 24.7 Å². The highest BCUT2D eigenvalue weighted by molar-refractivity contribution is 6.09. The van der Waals surface area contributed by atoms with E-state index in [1.165, 1.54) is 0 Å². The normalized spacial score (nSPS) is 14.4. The minimum Gasteiger partial charge on any atom is -0.279 e. The second kappa shape index (κ2) is 3.67. The van der Waals surface area contributed by atoms with Crippen LogP contribution < -0.4 is 0 Å². The first-order chi connectivity index (χ1) is 6.75. The Balaban J connectivity index is 2.11. The van der Waals surface area contributed by atoms with Gasteiger partial charge in [0.15, 0.2) is 0 Å². The third-order valence-corrected chi connectivity index (χ3v) is 2.28. The van der Waals surface area contributed by atoms with Crippen LogP contribution in [0.3, 0.4) is 0 Å². The van der Waals surface area contributed by atoms with Crippen LogP contribution in [0.5, 0.6) is 0 Å². The molecule has 1 aromatic carbocycles. The summed E-state index contributed by atoms with van der Waals surface area (Å²) in [5, 5.41) is 0. The van der Waals surface area contributed by atoms with Crippen molar-refractivity contribution in [3.8, 4) is 11.8 Å². The van der Waals surface area contributed by atoms with Crippen molar-refractivity contribution >= 4 is 5.78 Å². The Bertz CT molecular complexity index is 399. The molecule has 0 amide bonds. The van der Waals surface area contributed by atoms with Gasteiger partial charge in [0.05, 0.1) is 0 Å². The number of benzene rings is 1. The van der Waals surface area contributed by atoms with Crippen molar-refractivity contribution in [2.45, 2.75) is 19.8 Å². The fourth-order valence-electron chi connectivity index (χ4n) is 1.17. The van der Waals surface area contributed by atoms with E-state index in [1.807, 2.05) is 31.2 Å². The lowest BCUT2D eigenvalue weighted by Crippen LogP contribution is -1.94. The highest BCUT2D eigenvalue weighted by Crippen LogP contribution is 2.27. The minimum atomic E-state index is -0.0584. The Labute approximate surface area is 84.1 Å². The zero-order chi connectivity index (χ0) is 9.97. The van der Waals surface area contributed by atoms with Crippen LogP contribution in [0.15, 0.2) is 24.3 Å². The fourth-order valence-corrected chi connectivity index (χ4v) is 1.17. The van der Waals surface area contributed by atoms with E-state index in [9.17, 15) is 4.79 Å². The molecule has 0 N–H and O–H groups in total. The van der Waals surface area contributed by atoms with E-state index in [1.54, 1.807) is 0 Å². The molecule has 0 saturated heterocycles. The largest absolute Gasteiger partial charge is 0.279 e. The molecule has 70 valence electrons. The number of carbonyl (C=O) groups excluding carboxylic acids is 1. The highest BCUT2D eigenvalue weighted by atomic mass is 16.1. The second-order valence-electron chi connectivity index (χ2n) is 3.74. The van der Waals surface area contributed by atoms with Gasteiger partial charge in [-0.15, -0.1) is 0 Å². The maximum absolute atomic E-state index is 11.5. The van der Waals surface area contributed by atoms with Crippen LogP contribution in [0.25, 0.3) is 0 Å². The van der Waals surface area contributed by atoms with Gasteiger partial charge in [0.1, 0.15) is 0 Å². The topological polar surface area (TPSA) is 17.1 Å². The number of hydrogen-bond donors (Lipinski definition) is 0. The number of Topliss-reactive ketones (excluding diaryl/α,β-unsaturated/α-hetero) is 1. The quantitative estimate of drug-likeness (QED) is 0.372. The number of rotatable bonds is 1. The van der Waals surface area contributed by atoms with Gasteiger partial charge in [-0.1, -0.05) is 35.7 Å². The van der Waals surface area contributed by atoms with Gasteiger partial charge in [-0.3, -0.25) is 4.79 Å². The average molecular weight is 184 g/mol. The molecule has 1 heteroatoms. The monoisotopic (exact) mass is 184 g/mol. The lowest BCUT2D eigenvalue weighted by molar-refractivity contribution is 0.105. The van der Waals surface area contributed by atoms with Gasteiger partial charge >= 0.3 is 0 Å². The number of hydrogen-bond acceptors (Lipinski definition) is 1. The van der Waals surface area contributed by atoms with Crippen molar-refractivity contribution in [2.24, 2.45) is 5.92 Å². The maximum Gasteiger partial charge on any atom is 0.235 e. The van der Waals surface area contributed by atoms with Crippen molar-refractivity contribution in [1.29, 1.82) is 0 Å². The lowest BCUT2D eigenvalue weighted by atomic mass is 10.1. The predicted molar refractivity (Wildman–Crippen MR) is 56.0 cm³/mol. The molecule has 2 rings (SSSR count). The van der Waals surface area contributed by atoms with Crippen LogP contribution in [0.2, 0.25) is 0 Å². The van der Waals surface area contributed by atoms with Crippen LogP contribution in [0.1, 0.15) is 28.8 Å². The Morgan fingerprint density at radius 1 is 1.29 bits per heavy atom. The van der Waals surface area contributed by atoms with Gasteiger partial charge in [0.25, 0.3) is 0 Å². The third-order valence-electron chi connectivity index (χ3n) is 2.28. The van der Waals surface area contributed by atoms with E-state index in [4.69, 9.17) is 0 Å². The molecule has 1 fully saturated rings. The van der Waals surface area contributed by atoms with E-state index in [2.05, 4.69) is 11.8 Å². The minimum absolute atomic E-state index is 0.0584. The van der Waals surface area contributed by atoms with Crippen molar-refractivity contribution in [1.82, 2.24) is 0 Å². The average Bonchev–Trinajstić information content (AvgIpc) is 2.99. The Kier molecular flexibility index (Phi) is 2.37. The summed E-state index contributed by atoms with van der Waals surface area (Å²) in [6.45, 7) is 2.00. The van der Waals surface area contributed by atoms with Crippen LogP contribution >= 0.6 is 0 Å². The molecule has 0 heterocycles. The van der Waals surface area contributed by atoms with E-state index >= 15 is 0 Å². The first-order valence-electron chi connectivity index (χ1n) is 4.88. The van der Waals surface area contributed by atoms with Gasteiger partial charge in [0, 0.05) is 11.5 Å². The molecule has 0 atom stereocenters. The molecule has 1 aliphatic rings. The summed E-state index contributed by atoms with van der Waals surface area (Å²) in [5.41, 5.74) is 1.86. The molecule has 14 heavy (non-hydrogen) atoms. The van der Waals surface area contributed by atoms with Crippen molar-refractivity contribution < 1.29 is 4.79 Å². The molecule has 0 bridgehead atoms. The standard InChI is InChI=1S/C13H12O/c1-10-2-7-12(8-3-10)13(14)9-6-11-4-5-11/h2-3,7-8,11H,4-5H2,1H3. The summed E-state index contributed by atoms with van der Waals surface area (Å²) in [5.74, 6) is 6.09. The van der Waals surface area contributed by atoms with E-state index < -0.39 is 0 Å². The summed E-state index contributed by atoms with van der Waals surface area (Å²) >= 11 is 0. The van der Waals surface area contributed by atoms with Crippen LogP contribution in [-0.2, 0) is 0 Å². The molecule has 0 radical (unpaired) electrons. The van der Waals surface area contributed by atoms with Crippen molar-refractivity contribution in [2.75, 3.05) is 0 Å².